The number of carbonyl (C=O) groups excluding carboxylic acids is 1. The van der Waals surface area contributed by atoms with Crippen molar-refractivity contribution in [2.45, 2.75) is 5.60 Å². The van der Waals surface area contributed by atoms with Crippen LogP contribution >= 0.6 is 11.6 Å². The van der Waals surface area contributed by atoms with E-state index in [4.69, 9.17) is 11.6 Å². The van der Waals surface area contributed by atoms with E-state index in [-0.39, 0.29) is 10.6 Å². The Bertz CT molecular complexity index is 689. The summed E-state index contributed by atoms with van der Waals surface area (Å²) in [6.07, 6.45) is 0. The fourth-order valence-electron chi connectivity index (χ4n) is 2.29. The number of para-hydroxylation sites is 1. The van der Waals surface area contributed by atoms with Crippen LogP contribution < -0.4 is 5.32 Å². The van der Waals surface area contributed by atoms with E-state index >= 15 is 0 Å². The molecule has 0 radical (unpaired) electrons. The highest BCUT2D eigenvalue weighted by Crippen LogP contribution is 2.42. The van der Waals surface area contributed by atoms with Gasteiger partial charge in [0.15, 0.2) is 5.60 Å². The van der Waals surface area contributed by atoms with Crippen LogP contribution in [0.3, 0.4) is 0 Å². The normalized spacial score (nSPS) is 21.1. The first-order valence-electron chi connectivity index (χ1n) is 5.63. The molecule has 2 N–H and O–H groups in total. The lowest BCUT2D eigenvalue weighted by atomic mass is 9.87. The average molecular weight is 278 g/mol. The monoisotopic (exact) mass is 277 g/mol. The number of aliphatic hydroxyl groups is 1. The molecule has 0 saturated carbocycles. The molecular formula is C14H9ClFNO2. The standard InChI is InChI=1S/C14H9ClFNO2/c15-10-6-3-5-9(12(10)16)14(19)8-4-1-2-7-11(8)17-13(14)18/h1-7,19H,(H,17,18). The van der Waals surface area contributed by atoms with Gasteiger partial charge in [0.05, 0.1) is 5.02 Å². The van der Waals surface area contributed by atoms with Crippen LogP contribution in [0.25, 0.3) is 0 Å². The smallest absolute Gasteiger partial charge is 0.265 e. The Kier molecular flexibility index (Phi) is 2.59. The van der Waals surface area contributed by atoms with Crippen molar-refractivity contribution in [3.8, 4) is 0 Å². The first-order valence-corrected chi connectivity index (χ1v) is 6.01. The number of hydrogen-bond donors (Lipinski definition) is 2. The number of carbonyl (C=O) groups is 1. The van der Waals surface area contributed by atoms with Gasteiger partial charge in [0.1, 0.15) is 5.82 Å². The van der Waals surface area contributed by atoms with Crippen molar-refractivity contribution in [3.63, 3.8) is 0 Å². The number of hydrogen-bond acceptors (Lipinski definition) is 2. The van der Waals surface area contributed by atoms with Crippen LogP contribution in [0.4, 0.5) is 10.1 Å². The van der Waals surface area contributed by atoms with Gasteiger partial charge in [0, 0.05) is 16.8 Å². The van der Waals surface area contributed by atoms with Gasteiger partial charge in [0.25, 0.3) is 5.91 Å². The molecule has 0 spiro atoms. The third kappa shape index (κ3) is 1.57. The minimum Gasteiger partial charge on any atom is -0.372 e. The lowest BCUT2D eigenvalue weighted by Gasteiger charge is -2.22. The van der Waals surface area contributed by atoms with Gasteiger partial charge in [-0.25, -0.2) is 4.39 Å². The van der Waals surface area contributed by atoms with E-state index in [0.717, 1.165) is 0 Å². The molecule has 2 aromatic carbocycles. The first kappa shape index (κ1) is 12.1. The molecule has 0 aromatic heterocycles. The molecule has 1 atom stereocenters. The van der Waals surface area contributed by atoms with Crippen LogP contribution in [0.5, 0.6) is 0 Å². The molecule has 19 heavy (non-hydrogen) atoms. The third-order valence-electron chi connectivity index (χ3n) is 3.24. The zero-order valence-corrected chi connectivity index (χ0v) is 10.4. The van der Waals surface area contributed by atoms with Crippen molar-refractivity contribution in [2.75, 3.05) is 5.32 Å². The second kappa shape index (κ2) is 4.05. The number of benzene rings is 2. The highest BCUT2D eigenvalue weighted by atomic mass is 35.5. The third-order valence-corrected chi connectivity index (χ3v) is 3.53. The molecular weight excluding hydrogens is 269 g/mol. The van der Waals surface area contributed by atoms with Gasteiger partial charge < -0.3 is 10.4 Å². The number of anilines is 1. The summed E-state index contributed by atoms with van der Waals surface area (Å²) in [5, 5.41) is 13.1. The molecule has 3 nitrogen and oxygen atoms in total. The molecule has 0 aliphatic carbocycles. The SMILES string of the molecule is O=C1Nc2ccccc2C1(O)c1cccc(Cl)c1F. The van der Waals surface area contributed by atoms with Gasteiger partial charge in [-0.05, 0) is 12.1 Å². The molecule has 1 amide bonds. The molecule has 0 bridgehead atoms. The summed E-state index contributed by atoms with van der Waals surface area (Å²) in [6.45, 7) is 0. The number of nitrogens with one attached hydrogen (secondary N) is 1. The second-order valence-corrected chi connectivity index (χ2v) is 4.72. The molecule has 5 heteroatoms. The molecule has 1 aliphatic rings. The summed E-state index contributed by atoms with van der Waals surface area (Å²) in [7, 11) is 0. The minimum absolute atomic E-state index is 0.136. The van der Waals surface area contributed by atoms with Crippen LogP contribution in [0.1, 0.15) is 11.1 Å². The second-order valence-electron chi connectivity index (χ2n) is 4.31. The largest absolute Gasteiger partial charge is 0.372 e. The maximum absolute atomic E-state index is 14.1. The van der Waals surface area contributed by atoms with Crippen LogP contribution in [0.2, 0.25) is 5.02 Å². The van der Waals surface area contributed by atoms with Gasteiger partial charge in [-0.2, -0.15) is 0 Å². The van der Waals surface area contributed by atoms with E-state index in [2.05, 4.69) is 5.32 Å². The summed E-state index contributed by atoms with van der Waals surface area (Å²) in [6, 6.07) is 10.8. The fourth-order valence-corrected chi connectivity index (χ4v) is 2.47. The van der Waals surface area contributed by atoms with Crippen LogP contribution in [-0.2, 0) is 10.4 Å². The highest BCUT2D eigenvalue weighted by Gasteiger charge is 2.48. The molecule has 1 heterocycles. The van der Waals surface area contributed by atoms with Gasteiger partial charge in [-0.15, -0.1) is 0 Å². The van der Waals surface area contributed by atoms with Crippen LogP contribution in [0.15, 0.2) is 42.5 Å². The van der Waals surface area contributed by atoms with Crippen molar-refractivity contribution >= 4 is 23.2 Å². The highest BCUT2D eigenvalue weighted by molar-refractivity contribution is 6.30. The summed E-state index contributed by atoms with van der Waals surface area (Å²) in [4.78, 5) is 12.0. The Hall–Kier alpha value is -1.91. The number of amides is 1. The van der Waals surface area contributed by atoms with Gasteiger partial charge in [0.2, 0.25) is 0 Å². The minimum atomic E-state index is -2.05. The topological polar surface area (TPSA) is 49.3 Å². The number of halogens is 2. The first-order chi connectivity index (χ1) is 9.05. The predicted octanol–water partition coefficient (Wildman–Crippen LogP) is 2.67. The summed E-state index contributed by atoms with van der Waals surface area (Å²) >= 11 is 5.71. The summed E-state index contributed by atoms with van der Waals surface area (Å²) < 4.78 is 14.1. The maximum Gasteiger partial charge on any atom is 0.265 e. The maximum atomic E-state index is 14.1. The quantitative estimate of drug-likeness (QED) is 0.842. The van der Waals surface area contributed by atoms with Gasteiger partial charge in [-0.1, -0.05) is 41.9 Å². The van der Waals surface area contributed by atoms with E-state index in [1.165, 1.54) is 18.2 Å². The zero-order chi connectivity index (χ0) is 13.6. The Labute approximate surface area is 113 Å². The number of fused-ring (bicyclic) bond motifs is 1. The van der Waals surface area contributed by atoms with Crippen molar-refractivity contribution in [1.29, 1.82) is 0 Å². The Morgan fingerprint density at radius 2 is 1.79 bits per heavy atom. The van der Waals surface area contributed by atoms with E-state index in [0.29, 0.717) is 11.3 Å². The van der Waals surface area contributed by atoms with Gasteiger partial charge in [-0.3, -0.25) is 4.79 Å². The van der Waals surface area contributed by atoms with Crippen molar-refractivity contribution in [1.82, 2.24) is 0 Å². The van der Waals surface area contributed by atoms with Crippen molar-refractivity contribution < 1.29 is 14.3 Å². The Morgan fingerprint density at radius 1 is 1.11 bits per heavy atom. The van der Waals surface area contributed by atoms with Gasteiger partial charge >= 0.3 is 0 Å². The van der Waals surface area contributed by atoms with Crippen LogP contribution in [-0.4, -0.2) is 11.0 Å². The van der Waals surface area contributed by atoms with E-state index in [1.54, 1.807) is 24.3 Å². The molecule has 96 valence electrons. The molecule has 1 aliphatic heterocycles. The fraction of sp³-hybridized carbons (Fsp3) is 0.0714. The molecule has 2 aromatic rings. The van der Waals surface area contributed by atoms with E-state index in [9.17, 15) is 14.3 Å². The molecule has 1 unspecified atom stereocenters. The number of rotatable bonds is 1. The Morgan fingerprint density at radius 3 is 2.58 bits per heavy atom. The molecule has 3 rings (SSSR count). The van der Waals surface area contributed by atoms with E-state index in [1.807, 2.05) is 0 Å². The molecule has 0 saturated heterocycles. The average Bonchev–Trinajstić information content (AvgIpc) is 2.66. The van der Waals surface area contributed by atoms with Crippen molar-refractivity contribution in [2.24, 2.45) is 0 Å². The van der Waals surface area contributed by atoms with E-state index < -0.39 is 17.3 Å². The lowest BCUT2D eigenvalue weighted by Crippen LogP contribution is -2.36. The Balaban J connectivity index is 2.29. The zero-order valence-electron chi connectivity index (χ0n) is 9.65. The lowest BCUT2D eigenvalue weighted by molar-refractivity contribution is -0.129. The predicted molar refractivity (Wildman–Crippen MR) is 69.5 cm³/mol. The van der Waals surface area contributed by atoms with Crippen molar-refractivity contribution in [3.05, 3.63) is 64.4 Å². The molecule has 0 fully saturated rings. The summed E-state index contributed by atoms with van der Waals surface area (Å²) in [5.41, 5.74) is -1.41. The summed E-state index contributed by atoms with van der Waals surface area (Å²) in [5.74, 6) is -1.48. The van der Waals surface area contributed by atoms with Crippen LogP contribution in [0, 0.1) is 5.82 Å².